The van der Waals surface area contributed by atoms with Crippen LogP contribution in [-0.2, 0) is 6.42 Å². The molecule has 0 saturated heterocycles. The first kappa shape index (κ1) is 11.9. The maximum atomic E-state index is 6.12. The first-order chi connectivity index (χ1) is 8.16. The molecule has 0 fully saturated rings. The molecular weight excluding hydrogens is 210 g/mol. The van der Waals surface area contributed by atoms with E-state index < -0.39 is 0 Å². The summed E-state index contributed by atoms with van der Waals surface area (Å²) >= 11 is 0. The Morgan fingerprint density at radius 3 is 2.47 bits per heavy atom. The second-order valence-corrected chi connectivity index (χ2v) is 4.79. The van der Waals surface area contributed by atoms with E-state index in [1.54, 1.807) is 12.4 Å². The third-order valence-corrected chi connectivity index (χ3v) is 2.80. The van der Waals surface area contributed by atoms with Crippen molar-refractivity contribution in [2.24, 2.45) is 11.7 Å². The van der Waals surface area contributed by atoms with Crippen LogP contribution in [0.1, 0.15) is 36.8 Å². The zero-order valence-corrected chi connectivity index (χ0v) is 10.4. The van der Waals surface area contributed by atoms with E-state index in [2.05, 4.69) is 48.1 Å². The van der Waals surface area contributed by atoms with Crippen molar-refractivity contribution in [3.8, 4) is 0 Å². The van der Waals surface area contributed by atoms with E-state index in [1.807, 2.05) is 0 Å². The largest absolute Gasteiger partial charge is 0.347 e. The monoisotopic (exact) mass is 229 g/mol. The van der Waals surface area contributed by atoms with Crippen LogP contribution in [0.25, 0.3) is 0 Å². The molecule has 0 radical (unpaired) electrons. The third-order valence-electron chi connectivity index (χ3n) is 2.80. The van der Waals surface area contributed by atoms with Gasteiger partial charge >= 0.3 is 0 Å². The lowest BCUT2D eigenvalue weighted by Gasteiger charge is -2.11. The number of nitrogens with two attached hydrogens (primary N) is 1. The van der Waals surface area contributed by atoms with Gasteiger partial charge in [0.25, 0.3) is 0 Å². The SMILES string of the molecule is CC(C)Cc1ccc(C(N)c2ncc[nH]2)cc1. The molecule has 0 spiro atoms. The first-order valence-corrected chi connectivity index (χ1v) is 6.00. The Balaban J connectivity index is 2.12. The third kappa shape index (κ3) is 2.94. The highest BCUT2D eigenvalue weighted by Crippen LogP contribution is 2.17. The first-order valence-electron chi connectivity index (χ1n) is 6.00. The van der Waals surface area contributed by atoms with Crippen LogP contribution in [-0.4, -0.2) is 9.97 Å². The molecule has 1 aromatic heterocycles. The molecule has 1 atom stereocenters. The van der Waals surface area contributed by atoms with Gasteiger partial charge in [-0.25, -0.2) is 4.98 Å². The number of H-pyrrole nitrogens is 1. The van der Waals surface area contributed by atoms with Crippen LogP contribution in [0.4, 0.5) is 0 Å². The predicted octanol–water partition coefficient (Wildman–Crippen LogP) is 2.66. The van der Waals surface area contributed by atoms with Gasteiger partial charge in [0, 0.05) is 12.4 Å². The quantitative estimate of drug-likeness (QED) is 0.846. The summed E-state index contributed by atoms with van der Waals surface area (Å²) in [6, 6.07) is 8.31. The minimum Gasteiger partial charge on any atom is -0.347 e. The summed E-state index contributed by atoms with van der Waals surface area (Å²) in [6.07, 6.45) is 4.63. The number of benzene rings is 1. The Bertz CT molecular complexity index is 443. The fraction of sp³-hybridized carbons (Fsp3) is 0.357. The van der Waals surface area contributed by atoms with Crippen LogP contribution >= 0.6 is 0 Å². The number of rotatable bonds is 4. The molecule has 90 valence electrons. The number of imidazole rings is 1. The summed E-state index contributed by atoms with van der Waals surface area (Å²) in [5.74, 6) is 1.49. The number of hydrogen-bond acceptors (Lipinski definition) is 2. The van der Waals surface area contributed by atoms with Crippen LogP contribution in [0.5, 0.6) is 0 Å². The molecule has 1 aromatic carbocycles. The second kappa shape index (κ2) is 5.15. The van der Waals surface area contributed by atoms with Crippen molar-refractivity contribution >= 4 is 0 Å². The van der Waals surface area contributed by atoms with Gasteiger partial charge in [-0.2, -0.15) is 0 Å². The standard InChI is InChI=1S/C14H19N3/c1-10(2)9-11-3-5-12(6-4-11)13(15)14-16-7-8-17-14/h3-8,10,13H,9,15H2,1-2H3,(H,16,17). The van der Waals surface area contributed by atoms with Gasteiger partial charge in [-0.3, -0.25) is 0 Å². The van der Waals surface area contributed by atoms with Crippen LogP contribution < -0.4 is 5.73 Å². The zero-order valence-electron chi connectivity index (χ0n) is 10.4. The Morgan fingerprint density at radius 2 is 1.94 bits per heavy atom. The van der Waals surface area contributed by atoms with Gasteiger partial charge in [-0.15, -0.1) is 0 Å². The number of nitrogens with one attached hydrogen (secondary N) is 1. The number of aromatic nitrogens is 2. The van der Waals surface area contributed by atoms with Crippen molar-refractivity contribution in [3.63, 3.8) is 0 Å². The van der Waals surface area contributed by atoms with Gasteiger partial charge in [-0.1, -0.05) is 38.1 Å². The second-order valence-electron chi connectivity index (χ2n) is 4.79. The van der Waals surface area contributed by atoms with Crippen molar-refractivity contribution in [1.82, 2.24) is 9.97 Å². The van der Waals surface area contributed by atoms with Crippen LogP contribution in [0.3, 0.4) is 0 Å². The van der Waals surface area contributed by atoms with E-state index in [0.717, 1.165) is 17.8 Å². The normalized spacial score (nSPS) is 12.9. The van der Waals surface area contributed by atoms with Crippen molar-refractivity contribution in [3.05, 3.63) is 53.6 Å². The molecule has 2 rings (SSSR count). The van der Waals surface area contributed by atoms with Crippen LogP contribution in [0.15, 0.2) is 36.7 Å². The van der Waals surface area contributed by atoms with E-state index in [9.17, 15) is 0 Å². The molecule has 0 aliphatic carbocycles. The molecular formula is C14H19N3. The average Bonchev–Trinajstić information content (AvgIpc) is 2.82. The smallest absolute Gasteiger partial charge is 0.127 e. The molecule has 0 aliphatic heterocycles. The molecule has 3 heteroatoms. The fourth-order valence-electron chi connectivity index (χ4n) is 1.94. The molecule has 2 aromatic rings. The Hall–Kier alpha value is -1.61. The van der Waals surface area contributed by atoms with Gasteiger partial charge in [0.1, 0.15) is 5.82 Å². The highest BCUT2D eigenvalue weighted by Gasteiger charge is 2.10. The Kier molecular flexibility index (Phi) is 3.59. The maximum absolute atomic E-state index is 6.12. The molecule has 0 bridgehead atoms. The summed E-state index contributed by atoms with van der Waals surface area (Å²) in [6.45, 7) is 4.45. The molecule has 0 aliphatic rings. The average molecular weight is 229 g/mol. The minimum atomic E-state index is -0.168. The number of aromatic amines is 1. The molecule has 3 N–H and O–H groups in total. The Labute approximate surface area is 102 Å². The van der Waals surface area contributed by atoms with Crippen molar-refractivity contribution < 1.29 is 0 Å². The van der Waals surface area contributed by atoms with Crippen LogP contribution in [0.2, 0.25) is 0 Å². The summed E-state index contributed by atoms with van der Waals surface area (Å²) in [7, 11) is 0. The molecule has 1 unspecified atom stereocenters. The van der Waals surface area contributed by atoms with Gasteiger partial charge in [0.05, 0.1) is 6.04 Å². The van der Waals surface area contributed by atoms with E-state index in [0.29, 0.717) is 5.92 Å². The molecule has 3 nitrogen and oxygen atoms in total. The van der Waals surface area contributed by atoms with Crippen LogP contribution in [0, 0.1) is 5.92 Å². The van der Waals surface area contributed by atoms with Crippen molar-refractivity contribution in [2.45, 2.75) is 26.3 Å². The summed E-state index contributed by atoms with van der Waals surface area (Å²) in [4.78, 5) is 7.23. The van der Waals surface area contributed by atoms with Gasteiger partial charge in [0.15, 0.2) is 0 Å². The topological polar surface area (TPSA) is 54.7 Å². The zero-order chi connectivity index (χ0) is 12.3. The summed E-state index contributed by atoms with van der Waals surface area (Å²) in [5, 5.41) is 0. The molecule has 0 amide bonds. The lowest BCUT2D eigenvalue weighted by atomic mass is 9.99. The molecule has 0 saturated carbocycles. The highest BCUT2D eigenvalue weighted by molar-refractivity contribution is 5.28. The molecule has 1 heterocycles. The lowest BCUT2D eigenvalue weighted by Crippen LogP contribution is -2.13. The van der Waals surface area contributed by atoms with Crippen molar-refractivity contribution in [2.75, 3.05) is 0 Å². The predicted molar refractivity (Wildman–Crippen MR) is 69.6 cm³/mol. The van der Waals surface area contributed by atoms with E-state index in [1.165, 1.54) is 5.56 Å². The number of nitrogens with zero attached hydrogens (tertiary/aromatic N) is 1. The highest BCUT2D eigenvalue weighted by atomic mass is 14.9. The van der Waals surface area contributed by atoms with Gasteiger partial charge in [-0.05, 0) is 23.5 Å². The fourth-order valence-corrected chi connectivity index (χ4v) is 1.94. The van der Waals surface area contributed by atoms with Gasteiger partial charge in [0.2, 0.25) is 0 Å². The van der Waals surface area contributed by atoms with E-state index in [-0.39, 0.29) is 6.04 Å². The van der Waals surface area contributed by atoms with E-state index in [4.69, 9.17) is 5.73 Å². The lowest BCUT2D eigenvalue weighted by molar-refractivity contribution is 0.647. The summed E-state index contributed by atoms with van der Waals surface area (Å²) in [5.41, 5.74) is 8.57. The Morgan fingerprint density at radius 1 is 1.24 bits per heavy atom. The van der Waals surface area contributed by atoms with E-state index >= 15 is 0 Å². The van der Waals surface area contributed by atoms with Crippen molar-refractivity contribution in [1.29, 1.82) is 0 Å². The molecule has 17 heavy (non-hydrogen) atoms. The number of hydrogen-bond donors (Lipinski definition) is 2. The van der Waals surface area contributed by atoms with Gasteiger partial charge < -0.3 is 10.7 Å². The minimum absolute atomic E-state index is 0.168. The maximum Gasteiger partial charge on any atom is 0.127 e. The summed E-state index contributed by atoms with van der Waals surface area (Å²) < 4.78 is 0.